The molecular weight excluding hydrogens is 326 g/mol. The monoisotopic (exact) mass is 345 g/mol. The Kier molecular flexibility index (Phi) is 4.05. The van der Waals surface area contributed by atoms with E-state index in [0.29, 0.717) is 37.4 Å². The average Bonchev–Trinajstić information content (AvgIpc) is 3.13. The predicted octanol–water partition coefficient (Wildman–Crippen LogP) is 2.48. The van der Waals surface area contributed by atoms with Crippen molar-refractivity contribution >= 4 is 17.2 Å². The molecule has 0 spiro atoms. The van der Waals surface area contributed by atoms with Crippen molar-refractivity contribution in [1.29, 1.82) is 5.26 Å². The number of aromatic nitrogens is 2. The largest absolute Gasteiger partial charge is 0.367 e. The third kappa shape index (κ3) is 2.68. The van der Waals surface area contributed by atoms with E-state index in [1.165, 1.54) is 0 Å². The van der Waals surface area contributed by atoms with Crippen LogP contribution in [0.4, 0.5) is 5.69 Å². The molecule has 4 rings (SSSR count). The van der Waals surface area contributed by atoms with Crippen LogP contribution in [0, 0.1) is 18.3 Å². The maximum Gasteiger partial charge on any atom is 0.272 e. The van der Waals surface area contributed by atoms with Crippen LogP contribution in [0.5, 0.6) is 0 Å². The molecule has 1 fully saturated rings. The number of pyridine rings is 1. The lowest BCUT2D eigenvalue weighted by atomic mass is 10.1. The second-order valence-corrected chi connectivity index (χ2v) is 6.41. The summed E-state index contributed by atoms with van der Waals surface area (Å²) in [7, 11) is 0. The molecular formula is C20H19N5O. The van der Waals surface area contributed by atoms with Crippen LogP contribution in [0.15, 0.2) is 48.7 Å². The molecule has 1 aliphatic heterocycles. The molecule has 3 heterocycles. The molecule has 0 N–H and O–H groups in total. The number of amides is 1. The van der Waals surface area contributed by atoms with Gasteiger partial charge in [0.1, 0.15) is 17.4 Å². The number of nitrogens with zero attached hydrogens (tertiary/aromatic N) is 5. The molecule has 130 valence electrons. The zero-order valence-electron chi connectivity index (χ0n) is 14.6. The Bertz CT molecular complexity index is 1010. The maximum absolute atomic E-state index is 13.0. The molecule has 0 aliphatic carbocycles. The first-order chi connectivity index (χ1) is 12.7. The first kappa shape index (κ1) is 16.2. The third-order valence-electron chi connectivity index (χ3n) is 4.88. The van der Waals surface area contributed by atoms with Gasteiger partial charge in [-0.25, -0.2) is 4.98 Å². The molecule has 26 heavy (non-hydrogen) atoms. The first-order valence-electron chi connectivity index (χ1n) is 8.65. The molecule has 6 heteroatoms. The van der Waals surface area contributed by atoms with Crippen LogP contribution < -0.4 is 4.90 Å². The van der Waals surface area contributed by atoms with E-state index >= 15 is 0 Å². The smallest absolute Gasteiger partial charge is 0.272 e. The van der Waals surface area contributed by atoms with Gasteiger partial charge in [-0.3, -0.25) is 9.20 Å². The molecule has 0 atom stereocenters. The van der Waals surface area contributed by atoms with Gasteiger partial charge in [0.05, 0.1) is 17.4 Å². The summed E-state index contributed by atoms with van der Waals surface area (Å²) in [6.45, 7) is 4.64. The number of rotatable bonds is 2. The molecule has 3 aromatic rings. The van der Waals surface area contributed by atoms with E-state index < -0.39 is 0 Å². The van der Waals surface area contributed by atoms with E-state index in [1.54, 1.807) is 6.20 Å². The van der Waals surface area contributed by atoms with E-state index in [4.69, 9.17) is 0 Å². The molecule has 0 unspecified atom stereocenters. The Morgan fingerprint density at radius 1 is 1.08 bits per heavy atom. The van der Waals surface area contributed by atoms with Crippen LogP contribution >= 0.6 is 0 Å². The lowest BCUT2D eigenvalue weighted by molar-refractivity contribution is 0.0739. The van der Waals surface area contributed by atoms with Crippen molar-refractivity contribution in [2.75, 3.05) is 31.1 Å². The van der Waals surface area contributed by atoms with Gasteiger partial charge in [-0.1, -0.05) is 18.2 Å². The number of imidazole rings is 1. The summed E-state index contributed by atoms with van der Waals surface area (Å²) in [4.78, 5) is 21.4. The summed E-state index contributed by atoms with van der Waals surface area (Å²) in [6, 6.07) is 15.7. The van der Waals surface area contributed by atoms with Gasteiger partial charge >= 0.3 is 0 Å². The third-order valence-corrected chi connectivity index (χ3v) is 4.88. The number of piperazine rings is 1. The summed E-state index contributed by atoms with van der Waals surface area (Å²) < 4.78 is 1.90. The number of benzene rings is 1. The summed E-state index contributed by atoms with van der Waals surface area (Å²) in [5.74, 6) is 0.0000170. The molecule has 0 bridgehead atoms. The van der Waals surface area contributed by atoms with Crippen molar-refractivity contribution < 1.29 is 4.79 Å². The number of fused-ring (bicyclic) bond motifs is 1. The topological polar surface area (TPSA) is 64.6 Å². The van der Waals surface area contributed by atoms with Gasteiger partial charge in [-0.15, -0.1) is 0 Å². The molecule has 1 saturated heterocycles. The Hall–Kier alpha value is -3.33. The fourth-order valence-electron chi connectivity index (χ4n) is 3.51. The van der Waals surface area contributed by atoms with Gasteiger partial charge in [-0.05, 0) is 31.2 Å². The Balaban J connectivity index is 1.53. The zero-order chi connectivity index (χ0) is 18.1. The number of nitriles is 1. The van der Waals surface area contributed by atoms with Crippen LogP contribution in [0.1, 0.15) is 21.7 Å². The molecule has 1 aromatic carbocycles. The molecule has 0 radical (unpaired) electrons. The minimum atomic E-state index is 0.0000170. The number of aryl methyl sites for hydroxylation is 1. The molecule has 1 amide bonds. The summed E-state index contributed by atoms with van der Waals surface area (Å²) in [5, 5.41) is 9.29. The maximum atomic E-state index is 13.0. The number of carbonyl (C=O) groups is 1. The fourth-order valence-corrected chi connectivity index (χ4v) is 3.51. The van der Waals surface area contributed by atoms with Crippen molar-refractivity contribution in [3.8, 4) is 6.07 Å². The number of anilines is 1. The van der Waals surface area contributed by atoms with Crippen LogP contribution in [0.2, 0.25) is 0 Å². The Labute approximate surface area is 151 Å². The van der Waals surface area contributed by atoms with E-state index in [9.17, 15) is 10.1 Å². The molecule has 6 nitrogen and oxygen atoms in total. The van der Waals surface area contributed by atoms with Crippen molar-refractivity contribution in [2.45, 2.75) is 6.92 Å². The number of hydrogen-bond acceptors (Lipinski definition) is 4. The highest BCUT2D eigenvalue weighted by Gasteiger charge is 2.25. The van der Waals surface area contributed by atoms with Crippen LogP contribution in [0.25, 0.3) is 5.65 Å². The standard InChI is InChI=1S/C20H19N5O/c1-15-5-4-8-19-22-14-18(25(15)19)20(26)24-11-9-23(10-12-24)17-7-3-2-6-16(17)13-21/h2-8,14H,9-12H2,1H3. The van der Waals surface area contributed by atoms with Crippen LogP contribution in [-0.4, -0.2) is 46.4 Å². The minimum absolute atomic E-state index is 0.0000170. The highest BCUT2D eigenvalue weighted by atomic mass is 16.2. The second kappa shape index (κ2) is 6.52. The fraction of sp³-hybridized carbons (Fsp3) is 0.250. The summed E-state index contributed by atoms with van der Waals surface area (Å²) >= 11 is 0. The SMILES string of the molecule is Cc1cccc2ncc(C(=O)N3CCN(c4ccccc4C#N)CC3)n12. The van der Waals surface area contributed by atoms with Gasteiger partial charge in [-0.2, -0.15) is 5.26 Å². The van der Waals surface area contributed by atoms with Crippen molar-refractivity contribution in [3.05, 3.63) is 65.6 Å². The highest BCUT2D eigenvalue weighted by Crippen LogP contribution is 2.22. The molecule has 2 aromatic heterocycles. The first-order valence-corrected chi connectivity index (χ1v) is 8.65. The van der Waals surface area contributed by atoms with Crippen molar-refractivity contribution in [1.82, 2.24) is 14.3 Å². The van der Waals surface area contributed by atoms with Gasteiger partial charge in [0, 0.05) is 31.9 Å². The van der Waals surface area contributed by atoms with Gasteiger partial charge in [0.2, 0.25) is 0 Å². The van der Waals surface area contributed by atoms with Gasteiger partial charge in [0.15, 0.2) is 0 Å². The molecule has 1 aliphatic rings. The van der Waals surface area contributed by atoms with E-state index in [2.05, 4.69) is 16.0 Å². The lowest BCUT2D eigenvalue weighted by Gasteiger charge is -2.36. The number of para-hydroxylation sites is 1. The van der Waals surface area contributed by atoms with Crippen LogP contribution in [0.3, 0.4) is 0 Å². The number of carbonyl (C=O) groups excluding carboxylic acids is 1. The number of hydrogen-bond donors (Lipinski definition) is 0. The second-order valence-electron chi connectivity index (χ2n) is 6.41. The molecule has 0 saturated carbocycles. The highest BCUT2D eigenvalue weighted by molar-refractivity contribution is 5.93. The van der Waals surface area contributed by atoms with Crippen molar-refractivity contribution in [2.24, 2.45) is 0 Å². The van der Waals surface area contributed by atoms with Crippen LogP contribution in [-0.2, 0) is 0 Å². The van der Waals surface area contributed by atoms with Gasteiger partial charge in [0.25, 0.3) is 5.91 Å². The summed E-state index contributed by atoms with van der Waals surface area (Å²) in [6.07, 6.45) is 1.65. The van der Waals surface area contributed by atoms with E-state index in [1.807, 2.05) is 58.7 Å². The average molecular weight is 345 g/mol. The Morgan fingerprint density at radius 3 is 2.62 bits per heavy atom. The normalized spacial score (nSPS) is 14.5. The predicted molar refractivity (Wildman–Crippen MR) is 99.2 cm³/mol. The lowest BCUT2D eigenvalue weighted by Crippen LogP contribution is -2.49. The van der Waals surface area contributed by atoms with E-state index in [-0.39, 0.29) is 5.91 Å². The summed E-state index contributed by atoms with van der Waals surface area (Å²) in [5.41, 5.74) is 3.99. The Morgan fingerprint density at radius 2 is 1.85 bits per heavy atom. The quantitative estimate of drug-likeness (QED) is 0.716. The minimum Gasteiger partial charge on any atom is -0.367 e. The van der Waals surface area contributed by atoms with Crippen molar-refractivity contribution in [3.63, 3.8) is 0 Å². The van der Waals surface area contributed by atoms with Gasteiger partial charge < -0.3 is 9.80 Å². The zero-order valence-corrected chi connectivity index (χ0v) is 14.6. The van der Waals surface area contributed by atoms with E-state index in [0.717, 1.165) is 17.0 Å².